The van der Waals surface area contributed by atoms with Gasteiger partial charge in [-0.05, 0) is 44.0 Å². The molecule has 0 N–H and O–H groups in total. The molecule has 0 aromatic heterocycles. The molecule has 0 aliphatic carbocycles. The topological polar surface area (TPSA) is 60.9 Å². The van der Waals surface area contributed by atoms with Crippen LogP contribution in [0.2, 0.25) is 0 Å². The van der Waals surface area contributed by atoms with Crippen molar-refractivity contribution in [3.8, 4) is 0 Å². The lowest BCUT2D eigenvalue weighted by Gasteiger charge is -2.34. The molecule has 146 valence electrons. The summed E-state index contributed by atoms with van der Waals surface area (Å²) in [4.78, 5) is 16.6. The Balaban J connectivity index is 1.96. The highest BCUT2D eigenvalue weighted by molar-refractivity contribution is 7.92. The van der Waals surface area contributed by atoms with Gasteiger partial charge in [-0.25, -0.2) is 8.42 Å². The predicted octanol–water partition coefficient (Wildman–Crippen LogP) is 2.01. The lowest BCUT2D eigenvalue weighted by molar-refractivity contribution is -0.132. The van der Waals surface area contributed by atoms with Gasteiger partial charge in [0.2, 0.25) is 15.9 Å². The minimum absolute atomic E-state index is 0.121. The van der Waals surface area contributed by atoms with Crippen LogP contribution in [-0.2, 0) is 14.8 Å². The molecule has 1 aromatic carbocycles. The maximum atomic E-state index is 12.4. The normalized spacial score (nSPS) is 15.9. The van der Waals surface area contributed by atoms with Crippen molar-refractivity contribution >= 4 is 21.6 Å². The van der Waals surface area contributed by atoms with E-state index in [0.717, 1.165) is 43.9 Å². The number of carbonyl (C=O) groups is 1. The summed E-state index contributed by atoms with van der Waals surface area (Å²) in [5.74, 6) is 0.121. The van der Waals surface area contributed by atoms with Gasteiger partial charge in [-0.3, -0.25) is 9.10 Å². The van der Waals surface area contributed by atoms with E-state index in [-0.39, 0.29) is 5.91 Å². The zero-order valence-electron chi connectivity index (χ0n) is 16.4. The van der Waals surface area contributed by atoms with E-state index in [9.17, 15) is 13.2 Å². The summed E-state index contributed by atoms with van der Waals surface area (Å²) in [7, 11) is -3.39. The largest absolute Gasteiger partial charge is 0.340 e. The molecule has 0 saturated carbocycles. The van der Waals surface area contributed by atoms with Crippen molar-refractivity contribution in [1.82, 2.24) is 9.80 Å². The van der Waals surface area contributed by atoms with Crippen molar-refractivity contribution < 1.29 is 13.2 Å². The number of rotatable bonds is 7. The van der Waals surface area contributed by atoms with Gasteiger partial charge in [-0.2, -0.15) is 0 Å². The fourth-order valence-corrected chi connectivity index (χ4v) is 4.33. The molecule has 26 heavy (non-hydrogen) atoms. The van der Waals surface area contributed by atoms with Crippen LogP contribution in [-0.4, -0.2) is 69.6 Å². The maximum Gasteiger partial charge on any atom is 0.232 e. The minimum Gasteiger partial charge on any atom is -0.340 e. The number of aryl methyl sites for hydroxylation is 1. The number of carbonyl (C=O) groups excluding carboxylic acids is 1. The molecule has 6 nitrogen and oxygen atoms in total. The zero-order valence-corrected chi connectivity index (χ0v) is 17.2. The Kier molecular flexibility index (Phi) is 7.06. The van der Waals surface area contributed by atoms with Crippen molar-refractivity contribution in [2.75, 3.05) is 49.8 Å². The van der Waals surface area contributed by atoms with E-state index in [4.69, 9.17) is 0 Å². The van der Waals surface area contributed by atoms with E-state index in [1.165, 1.54) is 10.6 Å². The number of hydrogen-bond acceptors (Lipinski definition) is 4. The third kappa shape index (κ3) is 5.20. The van der Waals surface area contributed by atoms with E-state index in [0.29, 0.717) is 25.1 Å². The zero-order chi connectivity index (χ0) is 19.3. The number of likely N-dealkylation sites (N-methyl/N-ethyl adjacent to an activating group) is 1. The Labute approximate surface area is 157 Å². The fraction of sp³-hybridized carbons (Fsp3) is 0.632. The summed E-state index contributed by atoms with van der Waals surface area (Å²) >= 11 is 0. The molecule has 1 amide bonds. The maximum absolute atomic E-state index is 12.4. The SMILES string of the molecule is CCN1CCN(C(=O)CCCN(c2cccc(C)c2C)S(C)(=O)=O)CC1. The lowest BCUT2D eigenvalue weighted by Crippen LogP contribution is -2.48. The van der Waals surface area contributed by atoms with Crippen LogP contribution >= 0.6 is 0 Å². The molecule has 7 heteroatoms. The van der Waals surface area contributed by atoms with Crippen LogP contribution in [0.5, 0.6) is 0 Å². The number of amides is 1. The summed E-state index contributed by atoms with van der Waals surface area (Å²) in [6.07, 6.45) is 2.12. The first kappa shape index (κ1) is 20.7. The van der Waals surface area contributed by atoms with Gasteiger partial charge in [0, 0.05) is 39.1 Å². The molecule has 1 heterocycles. The monoisotopic (exact) mass is 381 g/mol. The molecule has 1 aliphatic rings. The van der Waals surface area contributed by atoms with Crippen LogP contribution < -0.4 is 4.31 Å². The van der Waals surface area contributed by atoms with Gasteiger partial charge in [0.25, 0.3) is 0 Å². The highest BCUT2D eigenvalue weighted by atomic mass is 32.2. The van der Waals surface area contributed by atoms with E-state index in [2.05, 4.69) is 11.8 Å². The number of nitrogens with zero attached hydrogens (tertiary/aromatic N) is 3. The standard InChI is InChI=1S/C19H31N3O3S/c1-5-20-12-14-21(15-13-20)19(23)10-7-11-22(26(4,24)25)18-9-6-8-16(2)17(18)3/h6,8-9H,5,7,10-15H2,1-4H3. The summed E-state index contributed by atoms with van der Waals surface area (Å²) in [5, 5.41) is 0. The molecule has 0 spiro atoms. The van der Waals surface area contributed by atoms with Crippen molar-refractivity contribution in [3.63, 3.8) is 0 Å². The highest BCUT2D eigenvalue weighted by Gasteiger charge is 2.22. The first-order valence-corrected chi connectivity index (χ1v) is 11.1. The van der Waals surface area contributed by atoms with Crippen LogP contribution in [0, 0.1) is 13.8 Å². The third-order valence-corrected chi connectivity index (χ3v) is 6.35. The Hall–Kier alpha value is -1.60. The summed E-state index contributed by atoms with van der Waals surface area (Å²) in [6, 6.07) is 5.67. The average molecular weight is 382 g/mol. The Morgan fingerprint density at radius 1 is 1.15 bits per heavy atom. The second-order valence-electron chi connectivity index (χ2n) is 6.97. The highest BCUT2D eigenvalue weighted by Crippen LogP contribution is 2.25. The molecular weight excluding hydrogens is 350 g/mol. The Morgan fingerprint density at radius 2 is 1.81 bits per heavy atom. The number of sulfonamides is 1. The van der Waals surface area contributed by atoms with Crippen LogP contribution in [0.25, 0.3) is 0 Å². The van der Waals surface area contributed by atoms with E-state index in [1.807, 2.05) is 36.9 Å². The molecular formula is C19H31N3O3S. The smallest absolute Gasteiger partial charge is 0.232 e. The van der Waals surface area contributed by atoms with Gasteiger partial charge < -0.3 is 9.80 Å². The van der Waals surface area contributed by atoms with Gasteiger partial charge in [0.15, 0.2) is 0 Å². The molecule has 1 aromatic rings. The molecule has 0 atom stereocenters. The molecule has 0 radical (unpaired) electrons. The lowest BCUT2D eigenvalue weighted by atomic mass is 10.1. The quantitative estimate of drug-likeness (QED) is 0.725. The fourth-order valence-electron chi connectivity index (χ4n) is 3.32. The molecule has 2 rings (SSSR count). The van der Waals surface area contributed by atoms with Crippen LogP contribution in [0.15, 0.2) is 18.2 Å². The first-order chi connectivity index (χ1) is 12.2. The third-order valence-electron chi connectivity index (χ3n) is 5.17. The molecule has 0 bridgehead atoms. The summed E-state index contributed by atoms with van der Waals surface area (Å²) in [5.41, 5.74) is 2.72. The second kappa shape index (κ2) is 8.86. The first-order valence-electron chi connectivity index (χ1n) is 9.28. The Bertz CT molecular complexity index is 726. The Morgan fingerprint density at radius 3 is 2.38 bits per heavy atom. The van der Waals surface area contributed by atoms with Gasteiger partial charge >= 0.3 is 0 Å². The number of benzene rings is 1. The van der Waals surface area contributed by atoms with Gasteiger partial charge in [-0.15, -0.1) is 0 Å². The van der Waals surface area contributed by atoms with Crippen LogP contribution in [0.1, 0.15) is 30.9 Å². The van der Waals surface area contributed by atoms with Crippen LogP contribution in [0.4, 0.5) is 5.69 Å². The van der Waals surface area contributed by atoms with E-state index < -0.39 is 10.0 Å². The van der Waals surface area contributed by atoms with Gasteiger partial charge in [-0.1, -0.05) is 19.1 Å². The van der Waals surface area contributed by atoms with E-state index in [1.54, 1.807) is 0 Å². The number of anilines is 1. The second-order valence-corrected chi connectivity index (χ2v) is 8.88. The van der Waals surface area contributed by atoms with Crippen LogP contribution in [0.3, 0.4) is 0 Å². The van der Waals surface area contributed by atoms with Gasteiger partial charge in [0.1, 0.15) is 0 Å². The summed E-state index contributed by atoms with van der Waals surface area (Å²) < 4.78 is 26.0. The van der Waals surface area contributed by atoms with E-state index >= 15 is 0 Å². The van der Waals surface area contributed by atoms with Crippen molar-refractivity contribution in [2.24, 2.45) is 0 Å². The number of piperazine rings is 1. The molecule has 1 saturated heterocycles. The molecule has 1 aliphatic heterocycles. The number of hydrogen-bond donors (Lipinski definition) is 0. The average Bonchev–Trinajstić information content (AvgIpc) is 2.60. The van der Waals surface area contributed by atoms with Crippen molar-refractivity contribution in [2.45, 2.75) is 33.6 Å². The predicted molar refractivity (Wildman–Crippen MR) is 106 cm³/mol. The van der Waals surface area contributed by atoms with Crippen molar-refractivity contribution in [1.29, 1.82) is 0 Å². The van der Waals surface area contributed by atoms with Crippen molar-refractivity contribution in [3.05, 3.63) is 29.3 Å². The molecule has 1 fully saturated rings. The van der Waals surface area contributed by atoms with Gasteiger partial charge in [0.05, 0.1) is 11.9 Å². The minimum atomic E-state index is -3.39. The summed E-state index contributed by atoms with van der Waals surface area (Å²) in [6.45, 7) is 10.7. The molecule has 0 unspecified atom stereocenters.